The van der Waals surface area contributed by atoms with Crippen molar-refractivity contribution in [3.63, 3.8) is 0 Å². The maximum Gasteiger partial charge on any atom is 0.261 e. The van der Waals surface area contributed by atoms with Gasteiger partial charge in [-0.3, -0.25) is 14.5 Å². The third-order valence-electron chi connectivity index (χ3n) is 2.63. The number of amides is 2. The highest BCUT2D eigenvalue weighted by Gasteiger charge is 2.34. The summed E-state index contributed by atoms with van der Waals surface area (Å²) >= 11 is 0. The first kappa shape index (κ1) is 10.8. The molecule has 1 aliphatic rings. The molecule has 2 amide bonds. The van der Waals surface area contributed by atoms with Crippen molar-refractivity contribution >= 4 is 11.8 Å². The van der Waals surface area contributed by atoms with Gasteiger partial charge in [-0.25, -0.2) is 4.39 Å². The van der Waals surface area contributed by atoms with Crippen LogP contribution in [-0.2, 0) is 0 Å². The number of hydrogen-bond acceptors (Lipinski definition) is 2. The van der Waals surface area contributed by atoms with Crippen LogP contribution in [0.5, 0.6) is 0 Å². The fourth-order valence-electron chi connectivity index (χ4n) is 1.75. The van der Waals surface area contributed by atoms with Crippen LogP contribution in [0.15, 0.2) is 24.3 Å². The minimum atomic E-state index is -1.01. The van der Waals surface area contributed by atoms with E-state index in [0.29, 0.717) is 11.1 Å². The SMILES string of the molecule is CC(F)CCN1C(=O)c2ccccc2C1=O. The van der Waals surface area contributed by atoms with Gasteiger partial charge in [-0.2, -0.15) is 0 Å². The van der Waals surface area contributed by atoms with E-state index in [-0.39, 0.29) is 24.8 Å². The molecule has 1 aliphatic heterocycles. The Morgan fingerprint density at radius 2 is 1.69 bits per heavy atom. The lowest BCUT2D eigenvalue weighted by atomic mass is 10.1. The number of nitrogens with zero attached hydrogens (tertiary/aromatic N) is 1. The molecule has 0 radical (unpaired) electrons. The van der Waals surface area contributed by atoms with E-state index >= 15 is 0 Å². The lowest BCUT2D eigenvalue weighted by Gasteiger charge is -2.13. The van der Waals surface area contributed by atoms with Crippen LogP contribution in [0.4, 0.5) is 4.39 Å². The quantitative estimate of drug-likeness (QED) is 0.732. The summed E-state index contributed by atoms with van der Waals surface area (Å²) in [6.45, 7) is 1.56. The number of rotatable bonds is 3. The van der Waals surface area contributed by atoms with Crippen LogP contribution in [0.3, 0.4) is 0 Å². The van der Waals surface area contributed by atoms with Crippen molar-refractivity contribution in [3.05, 3.63) is 35.4 Å². The zero-order valence-electron chi connectivity index (χ0n) is 8.94. The predicted molar refractivity (Wildman–Crippen MR) is 57.0 cm³/mol. The topological polar surface area (TPSA) is 37.4 Å². The van der Waals surface area contributed by atoms with Crippen molar-refractivity contribution in [2.75, 3.05) is 6.54 Å². The Bertz CT molecular complexity index is 407. The van der Waals surface area contributed by atoms with Crippen LogP contribution in [0, 0.1) is 0 Å². The second-order valence-corrected chi connectivity index (χ2v) is 3.88. The molecule has 1 aromatic carbocycles. The normalized spacial score (nSPS) is 16.5. The smallest absolute Gasteiger partial charge is 0.261 e. The molecule has 0 fully saturated rings. The molecule has 4 heteroatoms. The molecule has 0 bridgehead atoms. The van der Waals surface area contributed by atoms with E-state index in [1.807, 2.05) is 0 Å². The lowest BCUT2D eigenvalue weighted by Crippen LogP contribution is -2.31. The van der Waals surface area contributed by atoms with Crippen LogP contribution in [-0.4, -0.2) is 29.4 Å². The van der Waals surface area contributed by atoms with Crippen molar-refractivity contribution in [2.24, 2.45) is 0 Å². The van der Waals surface area contributed by atoms with Gasteiger partial charge in [0.25, 0.3) is 11.8 Å². The van der Waals surface area contributed by atoms with Crippen LogP contribution in [0.25, 0.3) is 0 Å². The molecular formula is C12H12FNO2. The molecule has 1 atom stereocenters. The molecule has 84 valence electrons. The lowest BCUT2D eigenvalue weighted by molar-refractivity contribution is 0.0644. The van der Waals surface area contributed by atoms with Gasteiger partial charge in [0.15, 0.2) is 0 Å². The van der Waals surface area contributed by atoms with Gasteiger partial charge in [0, 0.05) is 6.54 Å². The van der Waals surface area contributed by atoms with Crippen molar-refractivity contribution < 1.29 is 14.0 Å². The summed E-state index contributed by atoms with van der Waals surface area (Å²) in [5.41, 5.74) is 0.832. The monoisotopic (exact) mass is 221 g/mol. The van der Waals surface area contributed by atoms with E-state index < -0.39 is 6.17 Å². The van der Waals surface area contributed by atoms with Gasteiger partial charge in [-0.05, 0) is 25.5 Å². The van der Waals surface area contributed by atoms with Crippen LogP contribution in [0.1, 0.15) is 34.1 Å². The summed E-state index contributed by atoms with van der Waals surface area (Å²) in [7, 11) is 0. The van der Waals surface area contributed by atoms with E-state index in [2.05, 4.69) is 0 Å². The molecule has 1 heterocycles. The molecule has 0 N–H and O–H groups in total. The van der Waals surface area contributed by atoms with E-state index in [9.17, 15) is 14.0 Å². The van der Waals surface area contributed by atoms with Crippen molar-refractivity contribution in [1.82, 2.24) is 4.90 Å². The van der Waals surface area contributed by atoms with Crippen molar-refractivity contribution in [3.8, 4) is 0 Å². The highest BCUT2D eigenvalue weighted by Crippen LogP contribution is 2.22. The minimum Gasteiger partial charge on any atom is -0.274 e. The average molecular weight is 221 g/mol. The molecule has 0 aromatic heterocycles. The number of imide groups is 1. The number of fused-ring (bicyclic) bond motifs is 1. The molecule has 0 saturated carbocycles. The molecule has 0 saturated heterocycles. The molecule has 16 heavy (non-hydrogen) atoms. The standard InChI is InChI=1S/C12H12FNO2/c1-8(13)6-7-14-11(15)9-4-2-3-5-10(9)12(14)16/h2-5,8H,6-7H2,1H3. The van der Waals surface area contributed by atoms with Crippen LogP contribution in [0.2, 0.25) is 0 Å². The Kier molecular flexibility index (Phi) is 2.73. The molecule has 1 aromatic rings. The Labute approximate surface area is 92.9 Å². The number of halogens is 1. The first-order chi connectivity index (χ1) is 7.61. The van der Waals surface area contributed by atoms with Gasteiger partial charge in [0.2, 0.25) is 0 Å². The Hall–Kier alpha value is -1.71. The average Bonchev–Trinajstić information content (AvgIpc) is 2.50. The predicted octanol–water partition coefficient (Wildman–Crippen LogP) is 2.03. The zero-order valence-corrected chi connectivity index (χ0v) is 8.94. The number of carbonyl (C=O) groups is 2. The fourth-order valence-corrected chi connectivity index (χ4v) is 1.75. The van der Waals surface area contributed by atoms with Crippen LogP contribution >= 0.6 is 0 Å². The van der Waals surface area contributed by atoms with Crippen LogP contribution < -0.4 is 0 Å². The van der Waals surface area contributed by atoms with Gasteiger partial charge in [0.1, 0.15) is 0 Å². The summed E-state index contributed by atoms with van der Waals surface area (Å²) in [5.74, 6) is -0.637. The first-order valence-corrected chi connectivity index (χ1v) is 5.20. The highest BCUT2D eigenvalue weighted by atomic mass is 19.1. The Morgan fingerprint density at radius 3 is 2.12 bits per heavy atom. The maximum absolute atomic E-state index is 12.7. The minimum absolute atomic E-state index is 0.143. The molecule has 2 rings (SSSR count). The largest absolute Gasteiger partial charge is 0.274 e. The van der Waals surface area contributed by atoms with Gasteiger partial charge >= 0.3 is 0 Å². The number of benzene rings is 1. The molecule has 1 unspecified atom stereocenters. The van der Waals surface area contributed by atoms with E-state index in [1.165, 1.54) is 6.92 Å². The fraction of sp³-hybridized carbons (Fsp3) is 0.333. The third kappa shape index (κ3) is 1.71. The summed E-state index contributed by atoms with van der Waals surface area (Å²) < 4.78 is 12.7. The second kappa shape index (κ2) is 4.04. The van der Waals surface area contributed by atoms with Gasteiger partial charge in [-0.15, -0.1) is 0 Å². The molecule has 0 spiro atoms. The van der Waals surface area contributed by atoms with E-state index in [4.69, 9.17) is 0 Å². The van der Waals surface area contributed by atoms with E-state index in [1.54, 1.807) is 24.3 Å². The number of carbonyl (C=O) groups excluding carboxylic acids is 2. The second-order valence-electron chi connectivity index (χ2n) is 3.88. The summed E-state index contributed by atoms with van der Waals surface area (Å²) in [6, 6.07) is 6.67. The molecule has 0 aliphatic carbocycles. The first-order valence-electron chi connectivity index (χ1n) is 5.20. The van der Waals surface area contributed by atoms with Gasteiger partial charge in [-0.1, -0.05) is 12.1 Å². The summed E-state index contributed by atoms with van der Waals surface area (Å²) in [5, 5.41) is 0. The van der Waals surface area contributed by atoms with Gasteiger partial charge in [0.05, 0.1) is 17.3 Å². The number of alkyl halides is 1. The zero-order chi connectivity index (χ0) is 11.7. The third-order valence-corrected chi connectivity index (χ3v) is 2.63. The summed E-state index contributed by atoms with van der Waals surface area (Å²) in [4.78, 5) is 24.7. The van der Waals surface area contributed by atoms with Crippen molar-refractivity contribution in [2.45, 2.75) is 19.5 Å². The van der Waals surface area contributed by atoms with E-state index in [0.717, 1.165) is 4.90 Å². The Morgan fingerprint density at radius 1 is 1.19 bits per heavy atom. The molecular weight excluding hydrogens is 209 g/mol. The maximum atomic E-state index is 12.7. The molecule has 3 nitrogen and oxygen atoms in total. The highest BCUT2D eigenvalue weighted by molar-refractivity contribution is 6.21. The van der Waals surface area contributed by atoms with Gasteiger partial charge < -0.3 is 0 Å². The number of hydrogen-bond donors (Lipinski definition) is 0. The summed E-state index contributed by atoms with van der Waals surface area (Å²) in [6.07, 6.45) is -0.824. The van der Waals surface area contributed by atoms with Crippen molar-refractivity contribution in [1.29, 1.82) is 0 Å². The Balaban J connectivity index is 2.22.